The highest BCUT2D eigenvalue weighted by Gasteiger charge is 2.21. The number of halogens is 2. The topological polar surface area (TPSA) is 59.6 Å². The number of para-hydroxylation sites is 1. The van der Waals surface area contributed by atoms with Gasteiger partial charge in [-0.15, -0.1) is 0 Å². The second-order valence-corrected chi connectivity index (χ2v) is 6.16. The molecule has 2 aromatic carbocycles. The third kappa shape index (κ3) is 4.07. The lowest BCUT2D eigenvalue weighted by molar-refractivity contribution is 0.262. The molecule has 6 heteroatoms. The monoisotopic (exact) mass is 345 g/mol. The summed E-state index contributed by atoms with van der Waals surface area (Å²) in [6.45, 7) is 2.75. The largest absolute Gasteiger partial charge is 0.493 e. The molecular formula is C19H21F2N3O. The Morgan fingerprint density at radius 3 is 2.92 bits per heavy atom. The fourth-order valence-corrected chi connectivity index (χ4v) is 2.95. The minimum atomic E-state index is -0.587. The Morgan fingerprint density at radius 1 is 1.32 bits per heavy atom. The Kier molecular flexibility index (Phi) is 5.16. The van der Waals surface area contributed by atoms with Crippen molar-refractivity contribution < 1.29 is 13.5 Å². The number of guanidine groups is 1. The summed E-state index contributed by atoms with van der Waals surface area (Å²) < 4.78 is 32.4. The average Bonchev–Trinajstić information content (AvgIpc) is 2.60. The van der Waals surface area contributed by atoms with Gasteiger partial charge in [-0.3, -0.25) is 4.99 Å². The van der Waals surface area contributed by atoms with Gasteiger partial charge in [0, 0.05) is 30.5 Å². The number of benzene rings is 2. The molecule has 0 saturated carbocycles. The molecule has 0 aliphatic carbocycles. The maximum atomic E-state index is 13.8. The molecular weight excluding hydrogens is 324 g/mol. The molecule has 4 nitrogen and oxygen atoms in total. The van der Waals surface area contributed by atoms with Crippen LogP contribution in [0.4, 0.5) is 8.78 Å². The van der Waals surface area contributed by atoms with Crippen LogP contribution in [0.3, 0.4) is 0 Å². The van der Waals surface area contributed by atoms with Crippen molar-refractivity contribution in [3.8, 4) is 5.75 Å². The number of fused-ring (bicyclic) bond motifs is 1. The third-order valence-electron chi connectivity index (χ3n) is 4.31. The van der Waals surface area contributed by atoms with Crippen LogP contribution in [-0.2, 0) is 0 Å². The second-order valence-electron chi connectivity index (χ2n) is 6.16. The minimum Gasteiger partial charge on any atom is -0.493 e. The van der Waals surface area contributed by atoms with Gasteiger partial charge in [-0.25, -0.2) is 8.78 Å². The van der Waals surface area contributed by atoms with Gasteiger partial charge in [0.25, 0.3) is 0 Å². The van der Waals surface area contributed by atoms with Crippen molar-refractivity contribution in [3.63, 3.8) is 0 Å². The van der Waals surface area contributed by atoms with E-state index in [1.165, 1.54) is 12.1 Å². The van der Waals surface area contributed by atoms with E-state index in [0.29, 0.717) is 24.7 Å². The zero-order valence-corrected chi connectivity index (χ0v) is 14.0. The van der Waals surface area contributed by atoms with Gasteiger partial charge >= 0.3 is 0 Å². The average molecular weight is 345 g/mol. The van der Waals surface area contributed by atoms with Crippen molar-refractivity contribution >= 4 is 5.96 Å². The van der Waals surface area contributed by atoms with E-state index in [4.69, 9.17) is 10.5 Å². The van der Waals surface area contributed by atoms with Gasteiger partial charge in [0.1, 0.15) is 17.4 Å². The Labute approximate surface area is 145 Å². The molecule has 1 aliphatic heterocycles. The van der Waals surface area contributed by atoms with Crippen molar-refractivity contribution in [1.29, 1.82) is 0 Å². The molecule has 0 radical (unpaired) electrons. The van der Waals surface area contributed by atoms with Gasteiger partial charge in [0.05, 0.1) is 12.6 Å². The number of rotatable bonds is 4. The van der Waals surface area contributed by atoms with E-state index in [-0.39, 0.29) is 12.0 Å². The second kappa shape index (κ2) is 7.51. The molecule has 0 spiro atoms. The molecule has 132 valence electrons. The summed E-state index contributed by atoms with van der Waals surface area (Å²) >= 11 is 0. The Morgan fingerprint density at radius 2 is 2.12 bits per heavy atom. The molecule has 1 heterocycles. The first-order chi connectivity index (χ1) is 12.0. The summed E-state index contributed by atoms with van der Waals surface area (Å²) in [6, 6.07) is 11.4. The summed E-state index contributed by atoms with van der Waals surface area (Å²) in [4.78, 5) is 4.31. The summed E-state index contributed by atoms with van der Waals surface area (Å²) in [5.41, 5.74) is 7.47. The van der Waals surface area contributed by atoms with Crippen molar-refractivity contribution in [2.75, 3.05) is 13.2 Å². The van der Waals surface area contributed by atoms with Crippen LogP contribution in [0.2, 0.25) is 0 Å². The number of hydrogen-bond donors (Lipinski definition) is 2. The van der Waals surface area contributed by atoms with Crippen LogP contribution in [0.1, 0.15) is 36.4 Å². The fraction of sp³-hybridized carbons (Fsp3) is 0.316. The summed E-state index contributed by atoms with van der Waals surface area (Å²) in [5.74, 6) is -0.205. The first-order valence-electron chi connectivity index (χ1n) is 8.27. The summed E-state index contributed by atoms with van der Waals surface area (Å²) in [6.07, 6.45) is 0.787. The molecule has 2 unspecified atom stereocenters. The van der Waals surface area contributed by atoms with Gasteiger partial charge in [-0.1, -0.05) is 31.2 Å². The van der Waals surface area contributed by atoms with Gasteiger partial charge < -0.3 is 15.8 Å². The van der Waals surface area contributed by atoms with Crippen molar-refractivity contribution in [1.82, 2.24) is 5.32 Å². The first-order valence-corrected chi connectivity index (χ1v) is 8.27. The highest BCUT2D eigenvalue weighted by Crippen LogP contribution is 2.31. The van der Waals surface area contributed by atoms with E-state index in [1.54, 1.807) is 0 Å². The van der Waals surface area contributed by atoms with E-state index < -0.39 is 11.6 Å². The number of nitrogens with zero attached hydrogens (tertiary/aromatic N) is 1. The lowest BCUT2D eigenvalue weighted by atomic mass is 10.0. The highest BCUT2D eigenvalue weighted by molar-refractivity contribution is 5.78. The molecule has 0 amide bonds. The van der Waals surface area contributed by atoms with Crippen molar-refractivity contribution in [2.24, 2.45) is 10.7 Å². The quantitative estimate of drug-likeness (QED) is 0.659. The molecule has 25 heavy (non-hydrogen) atoms. The number of nitrogens with one attached hydrogen (secondary N) is 1. The molecule has 0 bridgehead atoms. The molecule has 1 aliphatic rings. The summed E-state index contributed by atoms with van der Waals surface area (Å²) in [5, 5.41) is 3.20. The Hall–Kier alpha value is -2.63. The number of ether oxygens (including phenoxy) is 1. The number of hydrogen-bond acceptors (Lipinski definition) is 2. The summed E-state index contributed by atoms with van der Waals surface area (Å²) in [7, 11) is 0. The SMILES string of the molecule is CC(CN=C(N)NC1CCOc2ccccc21)c1ccc(F)cc1F. The van der Waals surface area contributed by atoms with Crippen LogP contribution in [0.15, 0.2) is 47.5 Å². The minimum absolute atomic E-state index is 0.0339. The number of aliphatic imine (C=N–C) groups is 1. The molecule has 3 rings (SSSR count). The van der Waals surface area contributed by atoms with E-state index in [2.05, 4.69) is 10.3 Å². The molecule has 3 N–H and O–H groups in total. The smallest absolute Gasteiger partial charge is 0.189 e. The molecule has 0 aromatic heterocycles. The van der Waals surface area contributed by atoms with Crippen LogP contribution in [-0.4, -0.2) is 19.1 Å². The maximum absolute atomic E-state index is 13.8. The van der Waals surface area contributed by atoms with E-state index in [0.717, 1.165) is 23.8 Å². The first kappa shape index (κ1) is 17.2. The molecule has 2 atom stereocenters. The van der Waals surface area contributed by atoms with Crippen LogP contribution in [0.25, 0.3) is 0 Å². The predicted octanol–water partition coefficient (Wildman–Crippen LogP) is 3.50. The zero-order chi connectivity index (χ0) is 17.8. The number of nitrogens with two attached hydrogens (primary N) is 1. The maximum Gasteiger partial charge on any atom is 0.189 e. The van der Waals surface area contributed by atoms with E-state index in [1.807, 2.05) is 31.2 Å². The van der Waals surface area contributed by atoms with Gasteiger partial charge in [0.2, 0.25) is 0 Å². The predicted molar refractivity (Wildman–Crippen MR) is 93.7 cm³/mol. The van der Waals surface area contributed by atoms with Gasteiger partial charge in [0.15, 0.2) is 5.96 Å². The lowest BCUT2D eigenvalue weighted by Crippen LogP contribution is -2.37. The highest BCUT2D eigenvalue weighted by atomic mass is 19.1. The molecule has 2 aromatic rings. The standard InChI is InChI=1S/C19H21F2N3O/c1-12(14-7-6-13(20)10-16(14)21)11-23-19(22)24-17-8-9-25-18-5-3-2-4-15(17)18/h2-7,10,12,17H,8-9,11H2,1H3,(H3,22,23,24). The Balaban J connectivity index is 1.65. The fourth-order valence-electron chi connectivity index (χ4n) is 2.95. The van der Waals surface area contributed by atoms with Crippen LogP contribution in [0.5, 0.6) is 5.75 Å². The van der Waals surface area contributed by atoms with Crippen molar-refractivity contribution in [3.05, 3.63) is 65.2 Å². The molecule has 0 fully saturated rings. The van der Waals surface area contributed by atoms with Crippen LogP contribution >= 0.6 is 0 Å². The zero-order valence-electron chi connectivity index (χ0n) is 14.0. The van der Waals surface area contributed by atoms with Crippen LogP contribution in [0, 0.1) is 11.6 Å². The van der Waals surface area contributed by atoms with E-state index in [9.17, 15) is 8.78 Å². The van der Waals surface area contributed by atoms with Crippen molar-refractivity contribution in [2.45, 2.75) is 25.3 Å². The van der Waals surface area contributed by atoms with E-state index >= 15 is 0 Å². The third-order valence-corrected chi connectivity index (χ3v) is 4.31. The lowest BCUT2D eigenvalue weighted by Gasteiger charge is -2.27. The van der Waals surface area contributed by atoms with Gasteiger partial charge in [-0.05, 0) is 17.7 Å². The normalized spacial score (nSPS) is 18.2. The molecule has 0 saturated heterocycles. The van der Waals surface area contributed by atoms with Gasteiger partial charge in [-0.2, -0.15) is 0 Å². The van der Waals surface area contributed by atoms with Crippen LogP contribution < -0.4 is 15.8 Å². The Bertz CT molecular complexity index is 779.